The fourth-order valence-electron chi connectivity index (χ4n) is 2.21. The Labute approximate surface area is 137 Å². The largest absolute Gasteiger partial charge is 0.482 e. The quantitative estimate of drug-likeness (QED) is 0.780. The number of hydrogen-bond acceptors (Lipinski definition) is 4. The van der Waals surface area contributed by atoms with Gasteiger partial charge < -0.3 is 14.3 Å². The number of benzene rings is 2. The molecular weight excluding hydrogens is 311 g/mol. The molecule has 122 valence electrons. The Hall–Kier alpha value is -2.92. The molecular formula is C19H15FO4. The Morgan fingerprint density at radius 3 is 2.46 bits per heavy atom. The van der Waals surface area contributed by atoms with Gasteiger partial charge in [-0.2, -0.15) is 0 Å². The van der Waals surface area contributed by atoms with Gasteiger partial charge in [0.05, 0.1) is 0 Å². The summed E-state index contributed by atoms with van der Waals surface area (Å²) >= 11 is 0. The summed E-state index contributed by atoms with van der Waals surface area (Å²) < 4.78 is 23.7. The third-order valence-corrected chi connectivity index (χ3v) is 3.51. The van der Waals surface area contributed by atoms with E-state index in [-0.39, 0.29) is 18.1 Å². The van der Waals surface area contributed by atoms with Gasteiger partial charge in [-0.15, -0.1) is 0 Å². The summed E-state index contributed by atoms with van der Waals surface area (Å²) in [5.41, 5.74) is 0.957. The van der Waals surface area contributed by atoms with Crippen molar-refractivity contribution >= 4 is 0 Å². The first-order chi connectivity index (χ1) is 11.6. The van der Waals surface area contributed by atoms with E-state index in [0.29, 0.717) is 5.56 Å². The summed E-state index contributed by atoms with van der Waals surface area (Å²) in [4.78, 5) is 12.1. The van der Waals surface area contributed by atoms with E-state index in [9.17, 15) is 14.3 Å². The van der Waals surface area contributed by atoms with Crippen LogP contribution >= 0.6 is 0 Å². The zero-order valence-corrected chi connectivity index (χ0v) is 12.7. The second-order valence-corrected chi connectivity index (χ2v) is 5.24. The number of aliphatic hydroxyl groups is 1. The van der Waals surface area contributed by atoms with Crippen molar-refractivity contribution in [3.05, 3.63) is 99.9 Å². The van der Waals surface area contributed by atoms with Gasteiger partial charge in [-0.25, -0.2) is 4.39 Å². The number of rotatable bonds is 5. The molecule has 0 aliphatic heterocycles. The van der Waals surface area contributed by atoms with Crippen molar-refractivity contribution in [1.82, 2.24) is 0 Å². The van der Waals surface area contributed by atoms with Crippen molar-refractivity contribution in [2.75, 3.05) is 0 Å². The predicted molar refractivity (Wildman–Crippen MR) is 86.2 cm³/mol. The van der Waals surface area contributed by atoms with Crippen LogP contribution in [0.3, 0.4) is 0 Å². The Balaban J connectivity index is 1.74. The number of hydrogen-bond donors (Lipinski definition) is 1. The van der Waals surface area contributed by atoms with E-state index in [1.165, 1.54) is 36.6 Å². The molecule has 0 bridgehead atoms. The molecule has 1 unspecified atom stereocenters. The van der Waals surface area contributed by atoms with E-state index in [1.54, 1.807) is 0 Å². The first kappa shape index (κ1) is 16.0. The molecule has 5 heteroatoms. The molecule has 0 spiro atoms. The smallest absolute Gasteiger partial charge is 0.227 e. The summed E-state index contributed by atoms with van der Waals surface area (Å²) in [6, 6.07) is 15.9. The van der Waals surface area contributed by atoms with Crippen LogP contribution < -0.4 is 10.2 Å². The van der Waals surface area contributed by atoms with Crippen LogP contribution in [0.5, 0.6) is 5.75 Å². The molecule has 1 heterocycles. The second kappa shape index (κ2) is 7.10. The molecule has 1 aromatic heterocycles. The molecule has 2 aromatic carbocycles. The SMILES string of the molecule is O=c1cc(C(O)c2ccc(F)cc2)occ1OCc1ccccc1. The summed E-state index contributed by atoms with van der Waals surface area (Å²) in [5.74, 6) is -0.273. The second-order valence-electron chi connectivity index (χ2n) is 5.24. The zero-order chi connectivity index (χ0) is 16.9. The molecule has 0 aliphatic carbocycles. The minimum Gasteiger partial charge on any atom is -0.482 e. The molecule has 3 aromatic rings. The molecule has 0 fully saturated rings. The highest BCUT2D eigenvalue weighted by Gasteiger charge is 2.15. The molecule has 1 atom stereocenters. The Morgan fingerprint density at radius 2 is 1.79 bits per heavy atom. The number of aliphatic hydroxyl groups excluding tert-OH is 1. The van der Waals surface area contributed by atoms with Gasteiger partial charge in [-0.05, 0) is 23.3 Å². The normalized spacial score (nSPS) is 11.9. The van der Waals surface area contributed by atoms with Gasteiger partial charge in [0.15, 0.2) is 0 Å². The molecule has 24 heavy (non-hydrogen) atoms. The van der Waals surface area contributed by atoms with Crippen molar-refractivity contribution in [3.8, 4) is 5.75 Å². The zero-order valence-electron chi connectivity index (χ0n) is 12.7. The van der Waals surface area contributed by atoms with Gasteiger partial charge in [0.25, 0.3) is 0 Å². The van der Waals surface area contributed by atoms with Crippen molar-refractivity contribution in [3.63, 3.8) is 0 Å². The predicted octanol–water partition coefficient (Wildman–Crippen LogP) is 3.44. The Bertz CT molecular complexity index is 857. The molecule has 3 rings (SSSR count). The first-order valence-electron chi connectivity index (χ1n) is 7.36. The maximum atomic E-state index is 12.9. The number of ether oxygens (including phenoxy) is 1. The minimum absolute atomic E-state index is 0.0638. The fourth-order valence-corrected chi connectivity index (χ4v) is 2.21. The maximum Gasteiger partial charge on any atom is 0.227 e. The lowest BCUT2D eigenvalue weighted by molar-refractivity contribution is 0.183. The highest BCUT2D eigenvalue weighted by Crippen LogP contribution is 2.22. The summed E-state index contributed by atoms with van der Waals surface area (Å²) in [6.07, 6.45) is 0.0225. The van der Waals surface area contributed by atoms with Crippen LogP contribution in [0, 0.1) is 5.82 Å². The lowest BCUT2D eigenvalue weighted by Gasteiger charge is -2.11. The summed E-state index contributed by atoms with van der Waals surface area (Å²) in [7, 11) is 0. The topological polar surface area (TPSA) is 59.7 Å². The molecule has 0 amide bonds. The van der Waals surface area contributed by atoms with Crippen molar-refractivity contribution < 1.29 is 18.7 Å². The van der Waals surface area contributed by atoms with E-state index in [1.807, 2.05) is 30.3 Å². The summed E-state index contributed by atoms with van der Waals surface area (Å²) in [5, 5.41) is 10.2. The van der Waals surface area contributed by atoms with Crippen molar-refractivity contribution in [2.24, 2.45) is 0 Å². The lowest BCUT2D eigenvalue weighted by atomic mass is 10.1. The third kappa shape index (κ3) is 3.70. The minimum atomic E-state index is -1.15. The third-order valence-electron chi connectivity index (χ3n) is 3.51. The van der Waals surface area contributed by atoms with Gasteiger partial charge >= 0.3 is 0 Å². The van der Waals surface area contributed by atoms with Crippen LogP contribution in [0.1, 0.15) is 23.0 Å². The molecule has 4 nitrogen and oxygen atoms in total. The molecule has 0 radical (unpaired) electrons. The standard InChI is InChI=1S/C19H15FO4/c20-15-8-6-14(7-9-15)19(22)17-10-16(21)18(12-24-17)23-11-13-4-2-1-3-5-13/h1-10,12,19,22H,11H2. The molecule has 0 saturated heterocycles. The van der Waals surface area contributed by atoms with Crippen LogP contribution in [0.25, 0.3) is 0 Å². The highest BCUT2D eigenvalue weighted by molar-refractivity contribution is 5.27. The Kier molecular flexibility index (Phi) is 4.72. The van der Waals surface area contributed by atoms with Gasteiger partial charge in [-0.3, -0.25) is 4.79 Å². The average Bonchev–Trinajstić information content (AvgIpc) is 2.61. The van der Waals surface area contributed by atoms with E-state index >= 15 is 0 Å². The molecule has 1 N–H and O–H groups in total. The van der Waals surface area contributed by atoms with E-state index in [4.69, 9.17) is 9.15 Å². The monoisotopic (exact) mass is 326 g/mol. The van der Waals surface area contributed by atoms with Crippen LogP contribution in [0.15, 0.2) is 76.1 Å². The van der Waals surface area contributed by atoms with E-state index in [2.05, 4.69) is 0 Å². The van der Waals surface area contributed by atoms with E-state index in [0.717, 1.165) is 5.56 Å². The van der Waals surface area contributed by atoms with Crippen LogP contribution in [-0.4, -0.2) is 5.11 Å². The maximum absolute atomic E-state index is 12.9. The van der Waals surface area contributed by atoms with Crippen LogP contribution in [0.2, 0.25) is 0 Å². The van der Waals surface area contributed by atoms with Crippen molar-refractivity contribution in [1.29, 1.82) is 0 Å². The Morgan fingerprint density at radius 1 is 1.08 bits per heavy atom. The van der Waals surface area contributed by atoms with Crippen molar-refractivity contribution in [2.45, 2.75) is 12.7 Å². The summed E-state index contributed by atoms with van der Waals surface area (Å²) in [6.45, 7) is 0.242. The highest BCUT2D eigenvalue weighted by atomic mass is 19.1. The first-order valence-corrected chi connectivity index (χ1v) is 7.36. The molecule has 0 saturated carbocycles. The fraction of sp³-hybridized carbons (Fsp3) is 0.105. The lowest BCUT2D eigenvalue weighted by Crippen LogP contribution is -2.10. The van der Waals surface area contributed by atoms with Gasteiger partial charge in [0.1, 0.15) is 30.6 Å². The van der Waals surface area contributed by atoms with Crippen LogP contribution in [0.4, 0.5) is 4.39 Å². The van der Waals surface area contributed by atoms with Crippen LogP contribution in [-0.2, 0) is 6.61 Å². The van der Waals surface area contributed by atoms with Gasteiger partial charge in [0.2, 0.25) is 11.2 Å². The van der Waals surface area contributed by atoms with E-state index < -0.39 is 17.3 Å². The average molecular weight is 326 g/mol. The number of halogens is 1. The van der Waals surface area contributed by atoms with Gasteiger partial charge in [0, 0.05) is 6.07 Å². The molecule has 0 aliphatic rings. The van der Waals surface area contributed by atoms with Gasteiger partial charge in [-0.1, -0.05) is 42.5 Å².